The highest BCUT2D eigenvalue weighted by molar-refractivity contribution is 8.00. The number of hydrogen-bond donors (Lipinski definition) is 0. The van der Waals surface area contributed by atoms with Gasteiger partial charge in [-0.2, -0.15) is 5.06 Å². The number of benzene rings is 2. The van der Waals surface area contributed by atoms with Gasteiger partial charge < -0.3 is 4.74 Å². The summed E-state index contributed by atoms with van der Waals surface area (Å²) < 4.78 is 5.94. The molecule has 0 radical (unpaired) electrons. The molecule has 1 heterocycles. The second-order valence-corrected chi connectivity index (χ2v) is 8.71. The van der Waals surface area contributed by atoms with E-state index in [0.717, 1.165) is 37.4 Å². The third-order valence-electron chi connectivity index (χ3n) is 3.89. The molecule has 0 saturated carbocycles. The fourth-order valence-electron chi connectivity index (χ4n) is 2.86. The summed E-state index contributed by atoms with van der Waals surface area (Å²) in [6.45, 7) is 8.30. The largest absolute Gasteiger partial charge is 0.457 e. The zero-order valence-corrected chi connectivity index (χ0v) is 16.1. The summed E-state index contributed by atoms with van der Waals surface area (Å²) in [4.78, 5) is 7.23. The Hall–Kier alpha value is -1.49. The molecular weight excluding hydrogens is 330 g/mol. The van der Waals surface area contributed by atoms with Crippen LogP contribution in [-0.4, -0.2) is 29.0 Å². The zero-order valence-electron chi connectivity index (χ0n) is 15.3. The zero-order chi connectivity index (χ0) is 17.7. The van der Waals surface area contributed by atoms with E-state index in [1.54, 1.807) is 0 Å². The summed E-state index contributed by atoms with van der Waals surface area (Å²) >= 11 is 1.95. The van der Waals surface area contributed by atoms with Gasteiger partial charge in [0.1, 0.15) is 11.5 Å². The van der Waals surface area contributed by atoms with Crippen LogP contribution in [0.3, 0.4) is 0 Å². The van der Waals surface area contributed by atoms with Gasteiger partial charge in [-0.05, 0) is 63.9 Å². The molecule has 3 rings (SSSR count). The number of hydroxylamine groups is 2. The molecule has 0 spiro atoms. The quantitative estimate of drug-likeness (QED) is 0.677. The van der Waals surface area contributed by atoms with Gasteiger partial charge in [-0.3, -0.25) is 4.84 Å². The molecule has 0 N–H and O–H groups in total. The average Bonchev–Trinajstić information content (AvgIpc) is 2.57. The lowest BCUT2D eigenvalue weighted by atomic mass is 10.1. The summed E-state index contributed by atoms with van der Waals surface area (Å²) in [5.41, 5.74) is -0.108. The molecule has 134 valence electrons. The molecule has 4 heteroatoms. The highest BCUT2D eigenvalue weighted by Crippen LogP contribution is 2.33. The monoisotopic (exact) mass is 357 g/mol. The highest BCUT2D eigenvalue weighted by Gasteiger charge is 2.24. The third kappa shape index (κ3) is 6.07. The summed E-state index contributed by atoms with van der Waals surface area (Å²) in [5, 5.41) is 2.75. The lowest BCUT2D eigenvalue weighted by Crippen LogP contribution is -2.40. The van der Waals surface area contributed by atoms with Crippen LogP contribution in [0.15, 0.2) is 59.5 Å². The van der Waals surface area contributed by atoms with Crippen molar-refractivity contribution < 1.29 is 9.57 Å². The molecule has 0 unspecified atom stereocenters. The first kappa shape index (κ1) is 18.3. The van der Waals surface area contributed by atoms with Crippen LogP contribution in [0.5, 0.6) is 11.5 Å². The molecule has 1 saturated heterocycles. The van der Waals surface area contributed by atoms with Crippen LogP contribution >= 0.6 is 11.8 Å². The first-order valence-electron chi connectivity index (χ1n) is 8.92. The van der Waals surface area contributed by atoms with Crippen LogP contribution in [0.4, 0.5) is 0 Å². The first-order valence-corrected chi connectivity index (χ1v) is 9.80. The standard InChI is InChI=1S/C21H27NO2S/c1-21(2,3)24-22-14-12-19(13-15-22)25-20-11-7-10-18(16-20)23-17-8-5-4-6-9-17/h4-11,16,19H,12-15H2,1-3H3. The SMILES string of the molecule is CC(C)(C)ON1CCC(Sc2cccc(Oc3ccccc3)c2)CC1. The number of piperidine rings is 1. The third-order valence-corrected chi connectivity index (χ3v) is 5.22. The molecule has 0 bridgehead atoms. The van der Waals surface area contributed by atoms with Crippen LogP contribution in [-0.2, 0) is 4.84 Å². The van der Waals surface area contributed by atoms with Crippen LogP contribution in [0.25, 0.3) is 0 Å². The molecule has 0 atom stereocenters. The van der Waals surface area contributed by atoms with Crippen molar-refractivity contribution in [2.75, 3.05) is 13.1 Å². The molecule has 1 fully saturated rings. The minimum Gasteiger partial charge on any atom is -0.457 e. The Kier molecular flexibility index (Phi) is 6.05. The van der Waals surface area contributed by atoms with Gasteiger partial charge in [0.15, 0.2) is 0 Å². The summed E-state index contributed by atoms with van der Waals surface area (Å²) in [6.07, 6.45) is 2.29. The van der Waals surface area contributed by atoms with Gasteiger partial charge in [0, 0.05) is 23.2 Å². The van der Waals surface area contributed by atoms with Crippen molar-refractivity contribution in [1.29, 1.82) is 0 Å². The lowest BCUT2D eigenvalue weighted by Gasteiger charge is -2.35. The second kappa shape index (κ2) is 8.26. The second-order valence-electron chi connectivity index (χ2n) is 7.34. The van der Waals surface area contributed by atoms with Crippen molar-refractivity contribution in [2.45, 2.75) is 49.4 Å². The Labute approximate surface area is 155 Å². The maximum atomic E-state index is 5.97. The Bertz CT molecular complexity index is 661. The number of thioether (sulfide) groups is 1. The average molecular weight is 358 g/mol. The maximum absolute atomic E-state index is 5.97. The van der Waals surface area contributed by atoms with Crippen molar-refractivity contribution in [1.82, 2.24) is 5.06 Å². The predicted molar refractivity (Wildman–Crippen MR) is 104 cm³/mol. The molecule has 25 heavy (non-hydrogen) atoms. The minimum absolute atomic E-state index is 0.108. The number of nitrogens with zero attached hydrogens (tertiary/aromatic N) is 1. The van der Waals surface area contributed by atoms with Crippen molar-refractivity contribution in [3.05, 3.63) is 54.6 Å². The van der Waals surface area contributed by atoms with Gasteiger partial charge in [0.05, 0.1) is 5.60 Å². The van der Waals surface area contributed by atoms with Gasteiger partial charge in [0.25, 0.3) is 0 Å². The Morgan fingerprint density at radius 2 is 1.60 bits per heavy atom. The van der Waals surface area contributed by atoms with E-state index in [-0.39, 0.29) is 5.60 Å². The molecule has 2 aromatic carbocycles. The minimum atomic E-state index is -0.108. The Morgan fingerprint density at radius 3 is 2.28 bits per heavy atom. The van der Waals surface area contributed by atoms with E-state index in [0.29, 0.717) is 5.25 Å². The van der Waals surface area contributed by atoms with E-state index < -0.39 is 0 Å². The van der Waals surface area contributed by atoms with Crippen LogP contribution in [0, 0.1) is 0 Å². The van der Waals surface area contributed by atoms with E-state index in [1.807, 2.05) is 48.2 Å². The maximum Gasteiger partial charge on any atom is 0.128 e. The van der Waals surface area contributed by atoms with Gasteiger partial charge >= 0.3 is 0 Å². The van der Waals surface area contributed by atoms with E-state index in [2.05, 4.69) is 44.0 Å². The fraction of sp³-hybridized carbons (Fsp3) is 0.429. The van der Waals surface area contributed by atoms with Crippen LogP contribution in [0.2, 0.25) is 0 Å². The van der Waals surface area contributed by atoms with E-state index in [9.17, 15) is 0 Å². The summed E-state index contributed by atoms with van der Waals surface area (Å²) in [7, 11) is 0. The smallest absolute Gasteiger partial charge is 0.128 e. The summed E-state index contributed by atoms with van der Waals surface area (Å²) in [5.74, 6) is 1.77. The first-order chi connectivity index (χ1) is 12.0. The highest BCUT2D eigenvalue weighted by atomic mass is 32.2. The van der Waals surface area contributed by atoms with E-state index in [1.165, 1.54) is 4.90 Å². The number of ether oxygens (including phenoxy) is 1. The molecule has 0 aliphatic carbocycles. The molecule has 0 aromatic heterocycles. The van der Waals surface area contributed by atoms with E-state index in [4.69, 9.17) is 9.57 Å². The van der Waals surface area contributed by atoms with Crippen molar-refractivity contribution in [3.8, 4) is 11.5 Å². The van der Waals surface area contributed by atoms with Crippen molar-refractivity contribution in [2.24, 2.45) is 0 Å². The van der Waals surface area contributed by atoms with Crippen LogP contribution < -0.4 is 4.74 Å². The summed E-state index contributed by atoms with van der Waals surface area (Å²) in [6, 6.07) is 18.3. The van der Waals surface area contributed by atoms with Gasteiger partial charge in [-0.25, -0.2) is 0 Å². The Balaban J connectivity index is 1.53. The molecule has 3 nitrogen and oxygen atoms in total. The van der Waals surface area contributed by atoms with Crippen molar-refractivity contribution >= 4 is 11.8 Å². The van der Waals surface area contributed by atoms with Crippen molar-refractivity contribution in [3.63, 3.8) is 0 Å². The topological polar surface area (TPSA) is 21.7 Å². The molecule has 2 aromatic rings. The van der Waals surface area contributed by atoms with Gasteiger partial charge in [-0.1, -0.05) is 24.3 Å². The Morgan fingerprint density at radius 1 is 0.920 bits per heavy atom. The van der Waals surface area contributed by atoms with Gasteiger partial charge in [0.2, 0.25) is 0 Å². The fourth-order valence-corrected chi connectivity index (χ4v) is 4.03. The number of hydrogen-bond acceptors (Lipinski definition) is 4. The number of para-hydroxylation sites is 1. The van der Waals surface area contributed by atoms with E-state index >= 15 is 0 Å². The number of rotatable bonds is 5. The van der Waals surface area contributed by atoms with Gasteiger partial charge in [-0.15, -0.1) is 11.8 Å². The molecule has 1 aliphatic rings. The normalized spacial score (nSPS) is 16.8. The molecular formula is C21H27NO2S. The molecule has 1 aliphatic heterocycles. The lowest BCUT2D eigenvalue weighted by molar-refractivity contribution is -0.234. The van der Waals surface area contributed by atoms with Crippen LogP contribution in [0.1, 0.15) is 33.6 Å². The predicted octanol–water partition coefficient (Wildman–Crippen LogP) is 5.77. The molecule has 0 amide bonds.